The highest BCUT2D eigenvalue weighted by Gasteiger charge is 2.30. The van der Waals surface area contributed by atoms with Gasteiger partial charge in [0.1, 0.15) is 36.2 Å². The quantitative estimate of drug-likeness (QED) is 0.0565. The maximum absolute atomic E-state index is 13.0. The van der Waals surface area contributed by atoms with Crippen LogP contribution in [0.15, 0.2) is 170 Å². The van der Waals surface area contributed by atoms with Crippen molar-refractivity contribution in [3.63, 3.8) is 0 Å². The Morgan fingerprint density at radius 2 is 0.578 bits per heavy atom. The van der Waals surface area contributed by atoms with Crippen molar-refractivity contribution in [1.29, 1.82) is 0 Å². The first-order valence-corrected chi connectivity index (χ1v) is 32.4. The Bertz CT molecular complexity index is 3350. The van der Waals surface area contributed by atoms with Crippen LogP contribution in [0.2, 0.25) is 0 Å². The second-order valence-corrected chi connectivity index (χ2v) is 28.4. The van der Waals surface area contributed by atoms with Gasteiger partial charge >= 0.3 is 12.1 Å². The lowest BCUT2D eigenvalue weighted by atomic mass is 9.79. The van der Waals surface area contributed by atoms with Gasteiger partial charge in [0.15, 0.2) is 0 Å². The van der Waals surface area contributed by atoms with Gasteiger partial charge in [-0.1, -0.05) is 229 Å². The summed E-state index contributed by atoms with van der Waals surface area (Å²) in [6.07, 6.45) is 5.03. The molecule has 10 heteroatoms. The van der Waals surface area contributed by atoms with Gasteiger partial charge in [0.2, 0.25) is 0 Å². The molecule has 0 unspecified atom stereocenters. The van der Waals surface area contributed by atoms with E-state index in [1.807, 2.05) is 72.8 Å². The highest BCUT2D eigenvalue weighted by Crippen LogP contribution is 2.45. The first-order chi connectivity index (χ1) is 42.9. The van der Waals surface area contributed by atoms with Crippen LogP contribution < -0.4 is 40.2 Å². The number of unbranched alkanes of at least 4 members (excludes halogenated alkanes) is 2. The van der Waals surface area contributed by atoms with Gasteiger partial charge in [0.25, 0.3) is 0 Å². The summed E-state index contributed by atoms with van der Waals surface area (Å²) in [6.45, 7) is 30.2. The molecular formula is C80H96N4O6. The van der Waals surface area contributed by atoms with Crippen LogP contribution in [-0.4, -0.2) is 38.4 Å². The topological polar surface area (TPSA) is 119 Å². The number of hydrogen-bond donors (Lipinski definition) is 4. The summed E-state index contributed by atoms with van der Waals surface area (Å²) in [7, 11) is 0. The third-order valence-corrected chi connectivity index (χ3v) is 16.7. The molecule has 0 saturated carbocycles. The monoisotopic (exact) mass is 1210 g/mol. The van der Waals surface area contributed by atoms with Crippen molar-refractivity contribution in [3.8, 4) is 23.0 Å². The molecule has 1 aliphatic rings. The van der Waals surface area contributed by atoms with Gasteiger partial charge in [-0.25, -0.2) is 9.59 Å². The Balaban J connectivity index is 1.22. The van der Waals surface area contributed by atoms with E-state index in [1.165, 1.54) is 22.3 Å². The van der Waals surface area contributed by atoms with Crippen molar-refractivity contribution >= 4 is 23.4 Å². The fraction of sp³-hybridized carbons (Fsp3) is 0.375. The third kappa shape index (κ3) is 18.3. The Hall–Kier alpha value is -8.50. The number of ether oxygens (including phenoxy) is 4. The molecule has 9 rings (SSSR count). The number of para-hydroxylation sites is 2. The van der Waals surface area contributed by atoms with Crippen LogP contribution in [0.5, 0.6) is 23.0 Å². The lowest BCUT2D eigenvalue weighted by molar-refractivity contribution is 0.250. The zero-order valence-corrected chi connectivity index (χ0v) is 55.5. The van der Waals surface area contributed by atoms with E-state index in [2.05, 4.69) is 201 Å². The van der Waals surface area contributed by atoms with Crippen molar-refractivity contribution < 1.29 is 28.5 Å². The molecule has 10 nitrogen and oxygen atoms in total. The molecule has 0 aromatic heterocycles. The number of hydrogen-bond acceptors (Lipinski definition) is 6. The molecular weight excluding hydrogens is 1110 g/mol. The second-order valence-electron chi connectivity index (χ2n) is 28.4. The van der Waals surface area contributed by atoms with E-state index in [4.69, 9.17) is 18.9 Å². The maximum Gasteiger partial charge on any atom is 0.319 e. The summed E-state index contributed by atoms with van der Waals surface area (Å²) in [4.78, 5) is 25.9. The van der Waals surface area contributed by atoms with Crippen LogP contribution in [0.3, 0.4) is 0 Å². The third-order valence-electron chi connectivity index (χ3n) is 16.7. The van der Waals surface area contributed by atoms with E-state index < -0.39 is 0 Å². The van der Waals surface area contributed by atoms with E-state index in [1.54, 1.807) is 0 Å². The Morgan fingerprint density at radius 3 is 0.833 bits per heavy atom. The summed E-state index contributed by atoms with van der Waals surface area (Å²) >= 11 is 0. The Morgan fingerprint density at radius 1 is 0.333 bits per heavy atom. The van der Waals surface area contributed by atoms with Gasteiger partial charge in [-0.15, -0.1) is 0 Å². The molecule has 8 aromatic rings. The van der Waals surface area contributed by atoms with Crippen LogP contribution in [0.25, 0.3) is 0 Å². The molecule has 0 heterocycles. The van der Waals surface area contributed by atoms with Gasteiger partial charge < -0.3 is 40.2 Å². The van der Waals surface area contributed by atoms with Gasteiger partial charge in [-0.05, 0) is 149 Å². The fourth-order valence-corrected chi connectivity index (χ4v) is 11.4. The maximum atomic E-state index is 13.0. The largest absolute Gasteiger partial charge is 0.493 e. The molecule has 0 saturated heterocycles. The number of nitrogens with one attached hydrogen (secondary N) is 4. The van der Waals surface area contributed by atoms with Gasteiger partial charge in [0.05, 0.1) is 13.2 Å². The molecule has 8 bridgehead atoms. The smallest absolute Gasteiger partial charge is 0.319 e. The van der Waals surface area contributed by atoms with Crippen molar-refractivity contribution in [3.05, 3.63) is 248 Å². The number of carbonyl (C=O) groups excluding carboxylic acids is 2. The number of carbonyl (C=O) groups is 2. The van der Waals surface area contributed by atoms with E-state index in [0.717, 1.165) is 116 Å². The van der Waals surface area contributed by atoms with Crippen LogP contribution in [0, 0.1) is 0 Å². The zero-order valence-electron chi connectivity index (χ0n) is 55.5. The Kier molecular flexibility index (Phi) is 21.6. The van der Waals surface area contributed by atoms with Crippen molar-refractivity contribution in [2.45, 2.75) is 169 Å². The highest BCUT2D eigenvalue weighted by atomic mass is 16.5. The predicted octanol–water partition coefficient (Wildman–Crippen LogP) is 18.7. The summed E-state index contributed by atoms with van der Waals surface area (Å²) < 4.78 is 29.3. The standard InChI is InChI=1S/C80H96N4O6/c1-77(2,3)65-45-57-41-61-49-67(79(7,8)9)51-63(73(61)89-53-55-29-17-13-18-30-55)43-59-47-66(78(4,5)6)48-60(72(59)88-40-28-26-38-82-76(86)84-70-35-23-16-24-36-70)44-64-52-68(80(10,11)12)50-62(74(64)90-54-56-31-19-14-20-32-56)42-58(46-65)71(57)87-39-27-25-37-81-75(85)83-69-33-21-15-22-34-69/h13-24,29-36,45-52H,25-28,37-44,53-54H2,1-12H3,(H2,81,83,85)(H2,82,84,86). The minimum atomic E-state index is -0.231. The number of benzene rings is 8. The van der Waals surface area contributed by atoms with Gasteiger partial charge in [-0.2, -0.15) is 0 Å². The number of amides is 4. The van der Waals surface area contributed by atoms with Gasteiger partial charge in [0, 0.05) is 50.1 Å². The summed E-state index contributed by atoms with van der Waals surface area (Å²) in [5.41, 5.74) is 16.3. The van der Waals surface area contributed by atoms with Crippen LogP contribution in [0.1, 0.15) is 187 Å². The first-order valence-electron chi connectivity index (χ1n) is 32.4. The molecule has 4 N–H and O–H groups in total. The zero-order chi connectivity index (χ0) is 64.1. The predicted molar refractivity (Wildman–Crippen MR) is 370 cm³/mol. The molecule has 0 aliphatic heterocycles. The van der Waals surface area contributed by atoms with Crippen LogP contribution >= 0.6 is 0 Å². The molecule has 0 spiro atoms. The summed E-state index contributed by atoms with van der Waals surface area (Å²) in [5.74, 6) is 3.44. The lowest BCUT2D eigenvalue weighted by Crippen LogP contribution is -2.29. The molecule has 0 atom stereocenters. The molecule has 0 fully saturated rings. The molecule has 1 aliphatic carbocycles. The summed E-state index contributed by atoms with van der Waals surface area (Å²) in [6, 6.07) is 58.5. The average molecular weight is 1210 g/mol. The Labute approximate surface area is 536 Å². The molecule has 472 valence electrons. The average Bonchev–Trinajstić information content (AvgIpc) is 1.02. The number of fused-ring (bicyclic) bond motifs is 8. The molecule has 8 aromatic carbocycles. The van der Waals surface area contributed by atoms with Crippen molar-refractivity contribution in [1.82, 2.24) is 10.6 Å². The molecule has 0 radical (unpaired) electrons. The minimum absolute atomic E-state index is 0.220. The van der Waals surface area contributed by atoms with Crippen molar-refractivity contribution in [2.24, 2.45) is 0 Å². The lowest BCUT2D eigenvalue weighted by Gasteiger charge is -2.29. The number of rotatable bonds is 20. The molecule has 4 amide bonds. The number of anilines is 2. The number of urea groups is 2. The SMILES string of the molecule is CC(C)(C)c1cc2c(OCCCCNC(=O)Nc3ccccc3)c(c1)Cc1cc(C(C)(C)C)cc(c1OCc1ccccc1)Cc1cc(C(C)(C)C)cc(c1OCCCCNC(=O)Nc1ccccc1)Cc1cc(C(C)(C)C)cc(c1OCc1ccccc1)C2. The highest BCUT2D eigenvalue weighted by molar-refractivity contribution is 5.89. The second kappa shape index (κ2) is 29.4. The normalized spacial score (nSPS) is 12.6. The van der Waals surface area contributed by atoms with E-state index in [9.17, 15) is 9.59 Å². The van der Waals surface area contributed by atoms with E-state index in [-0.39, 0.29) is 33.7 Å². The first kappa shape index (κ1) is 65.9. The molecule has 90 heavy (non-hydrogen) atoms. The minimum Gasteiger partial charge on any atom is -0.493 e. The van der Waals surface area contributed by atoms with E-state index in [0.29, 0.717) is 65.2 Å². The summed E-state index contributed by atoms with van der Waals surface area (Å²) in [5, 5.41) is 12.0. The van der Waals surface area contributed by atoms with Crippen molar-refractivity contribution in [2.75, 3.05) is 36.9 Å². The fourth-order valence-electron chi connectivity index (χ4n) is 11.4. The van der Waals surface area contributed by atoms with Crippen LogP contribution in [0.4, 0.5) is 21.0 Å². The van der Waals surface area contributed by atoms with Gasteiger partial charge in [-0.3, -0.25) is 0 Å². The van der Waals surface area contributed by atoms with Crippen LogP contribution in [-0.2, 0) is 60.6 Å². The van der Waals surface area contributed by atoms with E-state index >= 15 is 0 Å².